The molecule has 26 heavy (non-hydrogen) atoms. The zero-order chi connectivity index (χ0) is 18.3. The number of amides is 1. The van der Waals surface area contributed by atoms with Crippen LogP contribution in [-0.4, -0.2) is 20.3 Å². The van der Waals surface area contributed by atoms with Gasteiger partial charge in [-0.25, -0.2) is 14.4 Å². The van der Waals surface area contributed by atoms with Gasteiger partial charge in [0.25, 0.3) is 5.91 Å². The number of carbonyl (C=O) groups is 1. The summed E-state index contributed by atoms with van der Waals surface area (Å²) in [6, 6.07) is 14.0. The van der Waals surface area contributed by atoms with Gasteiger partial charge in [0, 0.05) is 11.6 Å². The second-order valence-electron chi connectivity index (χ2n) is 6.03. The van der Waals surface area contributed by atoms with Crippen molar-refractivity contribution in [2.24, 2.45) is 0 Å². The van der Waals surface area contributed by atoms with Crippen LogP contribution in [0.25, 0.3) is 16.6 Å². The minimum Gasteiger partial charge on any atom is -0.369 e. The molecule has 0 spiro atoms. The van der Waals surface area contributed by atoms with E-state index in [2.05, 4.69) is 15.3 Å². The van der Waals surface area contributed by atoms with E-state index in [1.807, 2.05) is 37.3 Å². The molecular formula is C19H16FN5O. The molecule has 7 heteroatoms. The van der Waals surface area contributed by atoms with Crippen molar-refractivity contribution in [2.45, 2.75) is 13.0 Å². The van der Waals surface area contributed by atoms with E-state index in [0.717, 1.165) is 5.56 Å². The predicted molar refractivity (Wildman–Crippen MR) is 97.2 cm³/mol. The zero-order valence-electron chi connectivity index (χ0n) is 14.0. The molecular weight excluding hydrogens is 333 g/mol. The normalized spacial score (nSPS) is 12.4. The van der Waals surface area contributed by atoms with Crippen LogP contribution in [0.4, 0.5) is 10.3 Å². The first-order valence-corrected chi connectivity index (χ1v) is 8.13. The van der Waals surface area contributed by atoms with Crippen LogP contribution in [0.5, 0.6) is 0 Å². The van der Waals surface area contributed by atoms with Gasteiger partial charge in [-0.2, -0.15) is 0 Å². The lowest BCUT2D eigenvalue weighted by Crippen LogP contribution is -2.26. The van der Waals surface area contributed by atoms with Gasteiger partial charge in [0.2, 0.25) is 5.95 Å². The second-order valence-corrected chi connectivity index (χ2v) is 6.03. The number of imidazole rings is 1. The highest BCUT2D eigenvalue weighted by Crippen LogP contribution is 2.23. The first-order valence-electron chi connectivity index (χ1n) is 8.13. The van der Waals surface area contributed by atoms with Crippen LogP contribution in [0.1, 0.15) is 29.0 Å². The third-order valence-electron chi connectivity index (χ3n) is 4.29. The molecule has 0 bridgehead atoms. The van der Waals surface area contributed by atoms with E-state index >= 15 is 0 Å². The van der Waals surface area contributed by atoms with E-state index in [1.54, 1.807) is 12.1 Å². The van der Waals surface area contributed by atoms with Crippen LogP contribution >= 0.6 is 0 Å². The molecule has 4 aromatic rings. The molecule has 2 aromatic heterocycles. The number of halogens is 1. The van der Waals surface area contributed by atoms with Crippen LogP contribution in [0.3, 0.4) is 0 Å². The fraction of sp³-hybridized carbons (Fsp3) is 0.105. The monoisotopic (exact) mass is 349 g/mol. The maximum absolute atomic E-state index is 14.0. The number of nitrogens with one attached hydrogen (secondary N) is 1. The largest absolute Gasteiger partial charge is 0.369 e. The first kappa shape index (κ1) is 16.0. The number of nitrogen functional groups attached to an aromatic ring is 1. The number of nitrogens with two attached hydrogens (primary N) is 1. The molecule has 1 atom stereocenters. The van der Waals surface area contributed by atoms with Crippen molar-refractivity contribution < 1.29 is 9.18 Å². The molecule has 130 valence electrons. The number of hydrogen-bond acceptors (Lipinski definition) is 4. The van der Waals surface area contributed by atoms with Gasteiger partial charge in [0.05, 0.1) is 6.04 Å². The Morgan fingerprint density at radius 1 is 1.15 bits per heavy atom. The van der Waals surface area contributed by atoms with Gasteiger partial charge in [-0.3, -0.25) is 9.20 Å². The lowest BCUT2D eigenvalue weighted by Gasteiger charge is -2.12. The maximum atomic E-state index is 14.0. The number of para-hydroxylation sites is 1. The first-order chi connectivity index (χ1) is 12.5. The molecule has 2 heterocycles. The summed E-state index contributed by atoms with van der Waals surface area (Å²) in [4.78, 5) is 21.0. The molecule has 6 nitrogen and oxygen atoms in total. The van der Waals surface area contributed by atoms with E-state index in [9.17, 15) is 9.18 Å². The van der Waals surface area contributed by atoms with Gasteiger partial charge in [0.1, 0.15) is 22.7 Å². The predicted octanol–water partition coefficient (Wildman–Crippen LogP) is 3.09. The highest BCUT2D eigenvalue weighted by molar-refractivity contribution is 5.97. The van der Waals surface area contributed by atoms with E-state index in [-0.39, 0.29) is 29.1 Å². The Morgan fingerprint density at radius 2 is 1.92 bits per heavy atom. The topological polar surface area (TPSA) is 85.3 Å². The van der Waals surface area contributed by atoms with E-state index in [4.69, 9.17) is 5.73 Å². The molecule has 1 amide bonds. The van der Waals surface area contributed by atoms with Crippen molar-refractivity contribution in [3.05, 3.63) is 71.8 Å². The minimum absolute atomic E-state index is 0.0697. The number of benzene rings is 2. The smallest absolute Gasteiger partial charge is 0.271 e. The van der Waals surface area contributed by atoms with E-state index in [0.29, 0.717) is 11.0 Å². The number of nitrogens with zero attached hydrogens (tertiary/aromatic N) is 3. The van der Waals surface area contributed by atoms with Gasteiger partial charge in [0.15, 0.2) is 0 Å². The van der Waals surface area contributed by atoms with Crippen molar-refractivity contribution in [1.29, 1.82) is 0 Å². The number of carbonyl (C=O) groups excluding carboxylic acids is 1. The molecule has 2 aromatic carbocycles. The molecule has 0 saturated carbocycles. The van der Waals surface area contributed by atoms with Crippen LogP contribution in [0, 0.1) is 5.82 Å². The fourth-order valence-corrected chi connectivity index (χ4v) is 2.93. The summed E-state index contributed by atoms with van der Waals surface area (Å²) in [5.74, 6) is -0.752. The molecule has 0 unspecified atom stereocenters. The van der Waals surface area contributed by atoms with Gasteiger partial charge < -0.3 is 11.1 Å². The number of aromatic nitrogens is 3. The maximum Gasteiger partial charge on any atom is 0.271 e. The highest BCUT2D eigenvalue weighted by Gasteiger charge is 2.18. The lowest BCUT2D eigenvalue weighted by molar-refractivity contribution is 0.0935. The van der Waals surface area contributed by atoms with Crippen LogP contribution in [-0.2, 0) is 0 Å². The summed E-state index contributed by atoms with van der Waals surface area (Å²) < 4.78 is 15.5. The Labute approximate surface area is 148 Å². The molecule has 0 saturated heterocycles. The Bertz CT molecular complexity index is 1120. The van der Waals surface area contributed by atoms with E-state index < -0.39 is 5.82 Å². The number of fused-ring (bicyclic) bond motifs is 3. The van der Waals surface area contributed by atoms with E-state index in [1.165, 1.54) is 16.7 Å². The van der Waals surface area contributed by atoms with Crippen LogP contribution in [0.2, 0.25) is 0 Å². The van der Waals surface area contributed by atoms with Gasteiger partial charge in [-0.15, -0.1) is 0 Å². The van der Waals surface area contributed by atoms with Crippen molar-refractivity contribution in [3.8, 4) is 0 Å². The molecule has 0 aliphatic carbocycles. The molecule has 3 N–H and O–H groups in total. The third-order valence-corrected chi connectivity index (χ3v) is 4.29. The average Bonchev–Trinajstić information content (AvgIpc) is 3.10. The number of anilines is 1. The highest BCUT2D eigenvalue weighted by atomic mass is 19.1. The zero-order valence-corrected chi connectivity index (χ0v) is 14.0. The van der Waals surface area contributed by atoms with Crippen molar-refractivity contribution in [3.63, 3.8) is 0 Å². The fourth-order valence-electron chi connectivity index (χ4n) is 2.93. The Morgan fingerprint density at radius 3 is 2.69 bits per heavy atom. The summed E-state index contributed by atoms with van der Waals surface area (Å²) in [6.07, 6.45) is 1.51. The summed E-state index contributed by atoms with van der Waals surface area (Å²) in [7, 11) is 0. The summed E-state index contributed by atoms with van der Waals surface area (Å²) in [5, 5.41) is 3.40. The molecule has 4 rings (SSSR count). The molecule has 0 fully saturated rings. The Balaban J connectivity index is 1.73. The standard InChI is InChI=1S/C19H16FN5O/c1-11(12-6-3-2-4-7-12)22-18(26)15-10-25-17(23-15)13-8-5-9-14(20)16(13)24-19(25)21/h2-11H,1H3,(H2,21,24)(H,22,26)/t11-/m1/s1. The summed E-state index contributed by atoms with van der Waals surface area (Å²) in [5.41, 5.74) is 7.61. The Kier molecular flexibility index (Phi) is 3.76. The van der Waals surface area contributed by atoms with Gasteiger partial charge in [-0.1, -0.05) is 36.4 Å². The SMILES string of the molecule is C[C@@H](NC(=O)c1cn2c(N)nc3c(F)cccc3c2n1)c1ccccc1. The van der Waals surface area contributed by atoms with Crippen LogP contribution in [0.15, 0.2) is 54.7 Å². The number of rotatable bonds is 3. The molecule has 0 radical (unpaired) electrons. The lowest BCUT2D eigenvalue weighted by atomic mass is 10.1. The van der Waals surface area contributed by atoms with Crippen molar-refractivity contribution >= 4 is 28.4 Å². The van der Waals surface area contributed by atoms with Crippen molar-refractivity contribution in [2.75, 3.05) is 5.73 Å². The minimum atomic E-state index is -0.483. The average molecular weight is 349 g/mol. The quantitative estimate of drug-likeness (QED) is 0.595. The third kappa shape index (κ3) is 2.63. The van der Waals surface area contributed by atoms with Crippen LogP contribution < -0.4 is 11.1 Å². The van der Waals surface area contributed by atoms with Gasteiger partial charge in [-0.05, 0) is 24.6 Å². The number of hydrogen-bond donors (Lipinski definition) is 2. The second kappa shape index (κ2) is 6.11. The van der Waals surface area contributed by atoms with Crippen molar-refractivity contribution in [1.82, 2.24) is 19.7 Å². The summed E-state index contributed by atoms with van der Waals surface area (Å²) in [6.45, 7) is 1.89. The Hall–Kier alpha value is -3.48. The summed E-state index contributed by atoms with van der Waals surface area (Å²) >= 11 is 0. The molecule has 0 aliphatic rings. The molecule has 0 aliphatic heterocycles. The van der Waals surface area contributed by atoms with Gasteiger partial charge >= 0.3 is 0 Å².